The smallest absolute Gasteiger partial charge is 0.335 e. The van der Waals surface area contributed by atoms with E-state index in [-0.39, 0.29) is 22.4 Å². The van der Waals surface area contributed by atoms with E-state index in [2.05, 4.69) is 5.32 Å². The Morgan fingerprint density at radius 3 is 2.04 bits per heavy atom. The zero-order valence-corrected chi connectivity index (χ0v) is 15.1. The maximum Gasteiger partial charge on any atom is 0.335 e. The first kappa shape index (κ1) is 19.0. The van der Waals surface area contributed by atoms with Crippen molar-refractivity contribution in [1.29, 1.82) is 0 Å². The van der Waals surface area contributed by atoms with Crippen molar-refractivity contribution >= 4 is 17.6 Å². The molecule has 3 aromatic rings. The Bertz CT molecular complexity index is 1010. The van der Waals surface area contributed by atoms with Gasteiger partial charge in [0.15, 0.2) is 0 Å². The van der Waals surface area contributed by atoms with E-state index in [1.807, 2.05) is 18.2 Å². The van der Waals surface area contributed by atoms with Crippen molar-refractivity contribution in [3.63, 3.8) is 0 Å². The molecule has 0 bridgehead atoms. The van der Waals surface area contributed by atoms with Gasteiger partial charge in [-0.2, -0.15) is 0 Å². The van der Waals surface area contributed by atoms with Gasteiger partial charge in [-0.25, -0.2) is 9.59 Å². The molecule has 3 aromatic carbocycles. The highest BCUT2D eigenvalue weighted by Gasteiger charge is 2.18. The number of carboxylic acids is 2. The first-order valence-electron chi connectivity index (χ1n) is 8.59. The summed E-state index contributed by atoms with van der Waals surface area (Å²) in [5.41, 5.74) is 3.05. The monoisotopic (exact) mass is 377 g/mol. The zero-order chi connectivity index (χ0) is 20.3. The summed E-state index contributed by atoms with van der Waals surface area (Å²) in [6.07, 6.45) is 0. The number of carboxylic acid groups (broad SMARTS) is 2. The van der Waals surface area contributed by atoms with Crippen molar-refractivity contribution in [3.8, 4) is 16.9 Å². The molecule has 0 spiro atoms. The van der Waals surface area contributed by atoms with Crippen LogP contribution in [-0.2, 0) is 6.54 Å². The second-order valence-corrected chi connectivity index (χ2v) is 6.37. The molecule has 0 aliphatic carbocycles. The van der Waals surface area contributed by atoms with E-state index < -0.39 is 11.9 Å². The predicted octanol–water partition coefficient (Wildman–Crippen LogP) is 4.38. The standard InChI is InChI=1S/C22H19NO5/c1-13-18(21(25)26)10-15(11-19(13)22(27)28)17-4-2-3-5-20(17)23-12-14-6-8-16(24)9-7-14/h2-11,23-24H,12H2,1H3,(H,25,26)(H,27,28). The van der Waals surface area contributed by atoms with Gasteiger partial charge in [0.2, 0.25) is 0 Å². The van der Waals surface area contributed by atoms with Gasteiger partial charge in [-0.05, 0) is 53.9 Å². The summed E-state index contributed by atoms with van der Waals surface area (Å²) in [5, 5.41) is 31.6. The third kappa shape index (κ3) is 3.96. The zero-order valence-electron chi connectivity index (χ0n) is 15.1. The molecule has 28 heavy (non-hydrogen) atoms. The van der Waals surface area contributed by atoms with E-state index in [1.54, 1.807) is 30.3 Å². The highest BCUT2D eigenvalue weighted by Crippen LogP contribution is 2.31. The Morgan fingerprint density at radius 1 is 0.893 bits per heavy atom. The Kier molecular flexibility index (Phi) is 5.31. The van der Waals surface area contributed by atoms with E-state index in [0.717, 1.165) is 11.3 Å². The quantitative estimate of drug-likeness (QED) is 0.508. The van der Waals surface area contributed by atoms with E-state index in [4.69, 9.17) is 0 Å². The van der Waals surface area contributed by atoms with Crippen molar-refractivity contribution in [2.75, 3.05) is 5.32 Å². The molecule has 0 aliphatic rings. The molecular weight excluding hydrogens is 358 g/mol. The average Bonchev–Trinajstić information content (AvgIpc) is 2.67. The Hall–Kier alpha value is -3.80. The number of para-hydroxylation sites is 1. The highest BCUT2D eigenvalue weighted by atomic mass is 16.4. The lowest BCUT2D eigenvalue weighted by atomic mass is 9.94. The van der Waals surface area contributed by atoms with E-state index >= 15 is 0 Å². The van der Waals surface area contributed by atoms with E-state index in [1.165, 1.54) is 19.1 Å². The van der Waals surface area contributed by atoms with Crippen LogP contribution in [-0.4, -0.2) is 27.3 Å². The Labute approximate surface area is 161 Å². The molecule has 0 heterocycles. The molecule has 0 unspecified atom stereocenters. The SMILES string of the molecule is Cc1c(C(=O)O)cc(-c2ccccc2NCc2ccc(O)cc2)cc1C(=O)O. The number of carbonyl (C=O) groups is 2. The number of phenols is 1. The van der Waals surface area contributed by atoms with Crippen LogP contribution in [0.25, 0.3) is 11.1 Å². The second-order valence-electron chi connectivity index (χ2n) is 6.37. The lowest BCUT2D eigenvalue weighted by Gasteiger charge is -2.15. The topological polar surface area (TPSA) is 107 Å². The number of hydrogen-bond donors (Lipinski definition) is 4. The predicted molar refractivity (Wildman–Crippen MR) is 106 cm³/mol. The fraction of sp³-hybridized carbons (Fsp3) is 0.0909. The van der Waals surface area contributed by atoms with Gasteiger partial charge < -0.3 is 20.6 Å². The first-order chi connectivity index (χ1) is 13.4. The van der Waals surface area contributed by atoms with Crippen LogP contribution in [0.15, 0.2) is 60.7 Å². The number of aromatic hydroxyl groups is 1. The number of hydrogen-bond acceptors (Lipinski definition) is 4. The van der Waals surface area contributed by atoms with Gasteiger partial charge in [0.1, 0.15) is 5.75 Å². The summed E-state index contributed by atoms with van der Waals surface area (Å²) in [6.45, 7) is 1.98. The number of nitrogens with one attached hydrogen (secondary N) is 1. The Morgan fingerprint density at radius 2 is 1.46 bits per heavy atom. The van der Waals surface area contributed by atoms with Crippen molar-refractivity contribution in [3.05, 3.63) is 82.9 Å². The van der Waals surface area contributed by atoms with Crippen LogP contribution in [0.4, 0.5) is 5.69 Å². The molecule has 0 saturated carbocycles. The lowest BCUT2D eigenvalue weighted by molar-refractivity contribution is 0.0696. The molecule has 6 nitrogen and oxygen atoms in total. The van der Waals surface area contributed by atoms with Gasteiger partial charge in [-0.3, -0.25) is 0 Å². The maximum atomic E-state index is 11.6. The molecular formula is C22H19NO5. The summed E-state index contributed by atoms with van der Waals surface area (Å²) in [6, 6.07) is 17.1. The van der Waals surface area contributed by atoms with Crippen LogP contribution < -0.4 is 5.32 Å². The van der Waals surface area contributed by atoms with E-state index in [9.17, 15) is 24.9 Å². The van der Waals surface area contributed by atoms with Gasteiger partial charge in [-0.1, -0.05) is 30.3 Å². The molecule has 0 saturated heterocycles. The van der Waals surface area contributed by atoms with Crippen LogP contribution >= 0.6 is 0 Å². The van der Waals surface area contributed by atoms with Crippen molar-refractivity contribution in [1.82, 2.24) is 0 Å². The Balaban J connectivity index is 2.01. The number of anilines is 1. The summed E-state index contributed by atoms with van der Waals surface area (Å²) < 4.78 is 0. The summed E-state index contributed by atoms with van der Waals surface area (Å²) in [4.78, 5) is 23.1. The number of rotatable bonds is 6. The minimum absolute atomic E-state index is 0.0387. The highest BCUT2D eigenvalue weighted by molar-refractivity contribution is 5.99. The summed E-state index contributed by atoms with van der Waals surface area (Å²) in [7, 11) is 0. The molecule has 0 aliphatic heterocycles. The van der Waals surface area contributed by atoms with Crippen molar-refractivity contribution < 1.29 is 24.9 Å². The van der Waals surface area contributed by atoms with Crippen LogP contribution in [0, 0.1) is 6.92 Å². The molecule has 3 rings (SSSR count). The largest absolute Gasteiger partial charge is 0.508 e. The van der Waals surface area contributed by atoms with Gasteiger partial charge in [-0.15, -0.1) is 0 Å². The molecule has 0 amide bonds. The van der Waals surface area contributed by atoms with Gasteiger partial charge >= 0.3 is 11.9 Å². The van der Waals surface area contributed by atoms with Crippen LogP contribution in [0.2, 0.25) is 0 Å². The fourth-order valence-corrected chi connectivity index (χ4v) is 3.01. The number of phenolic OH excluding ortho intramolecular Hbond substituents is 1. The molecule has 0 fully saturated rings. The van der Waals surface area contributed by atoms with Crippen LogP contribution in [0.5, 0.6) is 5.75 Å². The fourth-order valence-electron chi connectivity index (χ4n) is 3.01. The van der Waals surface area contributed by atoms with Crippen LogP contribution in [0.3, 0.4) is 0 Å². The van der Waals surface area contributed by atoms with Crippen LogP contribution in [0.1, 0.15) is 31.8 Å². The van der Waals surface area contributed by atoms with Crippen molar-refractivity contribution in [2.45, 2.75) is 13.5 Å². The molecule has 6 heteroatoms. The lowest BCUT2D eigenvalue weighted by Crippen LogP contribution is -2.08. The molecule has 4 N–H and O–H groups in total. The third-order valence-corrected chi connectivity index (χ3v) is 4.53. The van der Waals surface area contributed by atoms with Gasteiger partial charge in [0, 0.05) is 17.8 Å². The van der Waals surface area contributed by atoms with Crippen molar-refractivity contribution in [2.24, 2.45) is 0 Å². The first-order valence-corrected chi connectivity index (χ1v) is 8.59. The van der Waals surface area contributed by atoms with Gasteiger partial charge in [0.05, 0.1) is 11.1 Å². The minimum Gasteiger partial charge on any atom is -0.508 e. The number of aromatic carboxylic acids is 2. The molecule has 142 valence electrons. The molecule has 0 radical (unpaired) electrons. The molecule has 0 aromatic heterocycles. The minimum atomic E-state index is -1.17. The summed E-state index contributed by atoms with van der Waals surface area (Å²) in [5.74, 6) is -2.15. The summed E-state index contributed by atoms with van der Waals surface area (Å²) >= 11 is 0. The maximum absolute atomic E-state index is 11.6. The normalized spacial score (nSPS) is 10.5. The average molecular weight is 377 g/mol. The van der Waals surface area contributed by atoms with Gasteiger partial charge in [0.25, 0.3) is 0 Å². The third-order valence-electron chi connectivity index (χ3n) is 4.53. The number of benzene rings is 3. The molecule has 0 atom stereocenters. The van der Waals surface area contributed by atoms with E-state index in [0.29, 0.717) is 17.7 Å². The second kappa shape index (κ2) is 7.84.